The van der Waals surface area contributed by atoms with Gasteiger partial charge in [0.05, 0.1) is 0 Å². The first-order valence-electron chi connectivity index (χ1n) is 8.36. The van der Waals surface area contributed by atoms with Crippen molar-refractivity contribution in [2.75, 3.05) is 11.9 Å². The molecule has 0 aromatic carbocycles. The van der Waals surface area contributed by atoms with Crippen molar-refractivity contribution in [3.8, 4) is 0 Å². The number of anilines is 1. The number of hydrogen-bond acceptors (Lipinski definition) is 4. The van der Waals surface area contributed by atoms with Crippen LogP contribution >= 0.6 is 0 Å². The largest absolute Gasteiger partial charge is 0.367 e. The Balaban J connectivity index is 1.75. The van der Waals surface area contributed by atoms with Gasteiger partial charge in [0.15, 0.2) is 0 Å². The Kier molecular flexibility index (Phi) is 3.02. The van der Waals surface area contributed by atoms with Crippen LogP contribution in [-0.2, 0) is 12.1 Å². The first-order valence-corrected chi connectivity index (χ1v) is 8.36. The van der Waals surface area contributed by atoms with Crippen molar-refractivity contribution in [2.24, 2.45) is 11.7 Å². The zero-order chi connectivity index (χ0) is 14.6. The van der Waals surface area contributed by atoms with Crippen LogP contribution in [0.3, 0.4) is 0 Å². The van der Waals surface area contributed by atoms with Gasteiger partial charge >= 0.3 is 0 Å². The Hall–Kier alpha value is -1.13. The average molecular weight is 286 g/mol. The second kappa shape index (κ2) is 4.68. The van der Waals surface area contributed by atoms with Crippen molar-refractivity contribution in [1.82, 2.24) is 9.88 Å². The van der Waals surface area contributed by atoms with E-state index in [1.165, 1.54) is 36.8 Å². The molecule has 4 heteroatoms. The minimum Gasteiger partial charge on any atom is -0.367 e. The third-order valence-electron chi connectivity index (χ3n) is 5.69. The summed E-state index contributed by atoms with van der Waals surface area (Å²) in [5.74, 6) is 1.90. The fourth-order valence-corrected chi connectivity index (χ4v) is 4.00. The summed E-state index contributed by atoms with van der Waals surface area (Å²) in [6.07, 6.45) is 7.25. The molecule has 4 nitrogen and oxygen atoms in total. The quantitative estimate of drug-likeness (QED) is 0.873. The van der Waals surface area contributed by atoms with Gasteiger partial charge in [-0.05, 0) is 57.1 Å². The second-order valence-electron chi connectivity index (χ2n) is 7.24. The predicted octanol–water partition coefficient (Wildman–Crippen LogP) is 2.44. The fraction of sp³-hybridized carbons (Fsp3) is 0.706. The molecule has 21 heavy (non-hydrogen) atoms. The first-order chi connectivity index (χ1) is 10.1. The van der Waals surface area contributed by atoms with E-state index in [1.807, 2.05) is 6.20 Å². The Morgan fingerprint density at radius 2 is 2.19 bits per heavy atom. The zero-order valence-corrected chi connectivity index (χ0v) is 13.1. The van der Waals surface area contributed by atoms with Crippen LogP contribution in [-0.4, -0.2) is 28.5 Å². The molecule has 1 aliphatic heterocycles. The molecule has 114 valence electrons. The van der Waals surface area contributed by atoms with Crippen molar-refractivity contribution in [2.45, 2.75) is 63.7 Å². The number of nitrogens with zero attached hydrogens (tertiary/aromatic N) is 2. The third-order valence-corrected chi connectivity index (χ3v) is 5.69. The van der Waals surface area contributed by atoms with Crippen LogP contribution in [0.1, 0.15) is 50.7 Å². The fourth-order valence-electron chi connectivity index (χ4n) is 4.00. The first kappa shape index (κ1) is 13.5. The van der Waals surface area contributed by atoms with E-state index >= 15 is 0 Å². The highest BCUT2D eigenvalue weighted by atomic mass is 15.3. The van der Waals surface area contributed by atoms with Crippen LogP contribution in [0.25, 0.3) is 0 Å². The molecular formula is C17H26N4. The highest BCUT2D eigenvalue weighted by molar-refractivity contribution is 5.55. The van der Waals surface area contributed by atoms with Gasteiger partial charge in [-0.1, -0.05) is 0 Å². The average Bonchev–Trinajstić information content (AvgIpc) is 3.38. The number of pyridine rings is 1. The van der Waals surface area contributed by atoms with E-state index in [0.29, 0.717) is 12.1 Å². The van der Waals surface area contributed by atoms with Crippen LogP contribution in [0.15, 0.2) is 12.3 Å². The maximum atomic E-state index is 5.98. The summed E-state index contributed by atoms with van der Waals surface area (Å²) < 4.78 is 0. The standard InChI is InChI=1S/C17H26N4/c1-11(9-18)21-10-14-15(17(21,2)12-3-4-12)7-8-19-16(14)20-13-5-6-13/h7-8,11-13H,3-6,9-10,18H2,1-2H3,(H,19,20). The second-order valence-corrected chi connectivity index (χ2v) is 7.24. The highest BCUT2D eigenvalue weighted by Crippen LogP contribution is 2.55. The normalized spacial score (nSPS) is 30.2. The molecule has 1 aromatic rings. The van der Waals surface area contributed by atoms with Gasteiger partial charge in [-0.3, -0.25) is 4.90 Å². The minimum atomic E-state index is 0.150. The van der Waals surface area contributed by atoms with Crippen molar-refractivity contribution in [3.63, 3.8) is 0 Å². The van der Waals surface area contributed by atoms with Crippen LogP contribution < -0.4 is 11.1 Å². The molecule has 3 aliphatic rings. The van der Waals surface area contributed by atoms with Gasteiger partial charge in [0.25, 0.3) is 0 Å². The molecule has 2 saturated carbocycles. The smallest absolute Gasteiger partial charge is 0.130 e. The molecule has 0 spiro atoms. The number of fused-ring (bicyclic) bond motifs is 1. The molecule has 3 N–H and O–H groups in total. The molecule has 0 bridgehead atoms. The summed E-state index contributed by atoms with van der Waals surface area (Å²) in [6, 6.07) is 3.31. The van der Waals surface area contributed by atoms with Gasteiger partial charge in [-0.2, -0.15) is 0 Å². The molecular weight excluding hydrogens is 260 g/mol. The lowest BCUT2D eigenvalue weighted by Crippen LogP contribution is -2.48. The highest BCUT2D eigenvalue weighted by Gasteiger charge is 2.53. The van der Waals surface area contributed by atoms with E-state index in [9.17, 15) is 0 Å². The van der Waals surface area contributed by atoms with E-state index in [4.69, 9.17) is 5.73 Å². The van der Waals surface area contributed by atoms with Gasteiger partial charge in [0.2, 0.25) is 0 Å². The van der Waals surface area contributed by atoms with E-state index in [-0.39, 0.29) is 5.54 Å². The molecule has 0 radical (unpaired) electrons. The van der Waals surface area contributed by atoms with Crippen molar-refractivity contribution < 1.29 is 0 Å². The Bertz CT molecular complexity index is 550. The van der Waals surface area contributed by atoms with Gasteiger partial charge in [-0.25, -0.2) is 4.98 Å². The molecule has 2 aliphatic carbocycles. The summed E-state index contributed by atoms with van der Waals surface area (Å²) in [5, 5.41) is 3.62. The van der Waals surface area contributed by atoms with Crippen LogP contribution in [0, 0.1) is 5.92 Å². The lowest BCUT2D eigenvalue weighted by Gasteiger charge is -2.40. The Morgan fingerprint density at radius 1 is 1.43 bits per heavy atom. The van der Waals surface area contributed by atoms with E-state index < -0.39 is 0 Å². The van der Waals surface area contributed by atoms with Crippen LogP contribution in [0.4, 0.5) is 5.82 Å². The summed E-state index contributed by atoms with van der Waals surface area (Å²) in [7, 11) is 0. The van der Waals surface area contributed by atoms with Crippen molar-refractivity contribution in [3.05, 3.63) is 23.4 Å². The SMILES string of the molecule is CC(CN)N1Cc2c(ccnc2NC2CC2)C1(C)C1CC1. The Labute approximate surface area is 127 Å². The molecule has 0 saturated heterocycles. The van der Waals surface area contributed by atoms with Crippen LogP contribution in [0.5, 0.6) is 0 Å². The van der Waals surface area contributed by atoms with Gasteiger partial charge in [-0.15, -0.1) is 0 Å². The minimum absolute atomic E-state index is 0.150. The molecule has 4 rings (SSSR count). The number of nitrogens with one attached hydrogen (secondary N) is 1. The molecule has 0 amide bonds. The van der Waals surface area contributed by atoms with E-state index in [0.717, 1.165) is 24.8 Å². The van der Waals surface area contributed by atoms with Crippen molar-refractivity contribution >= 4 is 5.82 Å². The topological polar surface area (TPSA) is 54.2 Å². The number of aromatic nitrogens is 1. The molecule has 1 aromatic heterocycles. The van der Waals surface area contributed by atoms with Crippen molar-refractivity contribution in [1.29, 1.82) is 0 Å². The summed E-state index contributed by atoms with van der Waals surface area (Å²) in [5.41, 5.74) is 9.04. The maximum Gasteiger partial charge on any atom is 0.130 e. The summed E-state index contributed by atoms with van der Waals surface area (Å²) >= 11 is 0. The lowest BCUT2D eigenvalue weighted by molar-refractivity contribution is 0.0585. The molecule has 2 heterocycles. The van der Waals surface area contributed by atoms with Gasteiger partial charge in [0.1, 0.15) is 5.82 Å². The summed E-state index contributed by atoms with van der Waals surface area (Å²) in [4.78, 5) is 7.25. The van der Waals surface area contributed by atoms with Gasteiger partial charge < -0.3 is 11.1 Å². The zero-order valence-electron chi connectivity index (χ0n) is 13.1. The van der Waals surface area contributed by atoms with Gasteiger partial charge in [0, 0.05) is 42.5 Å². The third kappa shape index (κ3) is 2.08. The Morgan fingerprint density at radius 3 is 2.81 bits per heavy atom. The molecule has 2 fully saturated rings. The van der Waals surface area contributed by atoms with E-state index in [2.05, 4.69) is 35.1 Å². The lowest BCUT2D eigenvalue weighted by atomic mass is 9.86. The molecule has 2 atom stereocenters. The van der Waals surface area contributed by atoms with E-state index in [1.54, 1.807) is 0 Å². The maximum absolute atomic E-state index is 5.98. The summed E-state index contributed by atoms with van der Waals surface area (Å²) in [6.45, 7) is 6.39. The number of rotatable bonds is 5. The molecule has 2 unspecified atom stereocenters. The predicted molar refractivity (Wildman–Crippen MR) is 85.0 cm³/mol. The number of hydrogen-bond donors (Lipinski definition) is 2. The monoisotopic (exact) mass is 286 g/mol. The number of nitrogens with two attached hydrogens (primary N) is 1. The van der Waals surface area contributed by atoms with Crippen LogP contribution in [0.2, 0.25) is 0 Å².